The van der Waals surface area contributed by atoms with Crippen LogP contribution in [0.3, 0.4) is 0 Å². The Balaban J connectivity index is 2.28. The minimum Gasteiger partial charge on any atom is -0.338 e. The molecule has 0 unspecified atom stereocenters. The minimum absolute atomic E-state index is 0.0299. The molecule has 0 saturated heterocycles. The summed E-state index contributed by atoms with van der Waals surface area (Å²) in [5, 5.41) is 5.92. The summed E-state index contributed by atoms with van der Waals surface area (Å²) in [7, 11) is 0. The average molecular weight is 282 g/mol. The van der Waals surface area contributed by atoms with Crippen LogP contribution in [0, 0.1) is 0 Å². The number of nitrogens with one attached hydrogen (secondary N) is 1. The summed E-state index contributed by atoms with van der Waals surface area (Å²) in [4.78, 5) is 11.0. The summed E-state index contributed by atoms with van der Waals surface area (Å²) >= 11 is 0. The van der Waals surface area contributed by atoms with Gasteiger partial charge in [-0.25, -0.2) is 0 Å². The first-order chi connectivity index (χ1) is 9.40. The van der Waals surface area contributed by atoms with Crippen LogP contribution in [-0.4, -0.2) is 11.1 Å². The van der Waals surface area contributed by atoms with E-state index in [-0.39, 0.29) is 17.1 Å². The van der Waals surface area contributed by atoms with Crippen molar-refractivity contribution >= 4 is 11.8 Å². The van der Waals surface area contributed by atoms with Gasteiger partial charge < -0.3 is 4.52 Å². The predicted molar refractivity (Wildman–Crippen MR) is 65.8 cm³/mol. The number of carbonyl (C=O) groups is 1. The Labute approximate surface area is 111 Å². The number of anilines is 1. The maximum Gasteiger partial charge on any atom is 0.416 e. The van der Waals surface area contributed by atoms with Crippen LogP contribution in [0.1, 0.15) is 5.56 Å². The number of aromatic nitrogens is 1. The maximum absolute atomic E-state index is 12.6. The molecule has 1 aromatic heterocycles. The second-order valence-electron chi connectivity index (χ2n) is 3.85. The van der Waals surface area contributed by atoms with E-state index in [4.69, 9.17) is 4.52 Å². The van der Waals surface area contributed by atoms with Crippen molar-refractivity contribution in [3.8, 4) is 11.3 Å². The van der Waals surface area contributed by atoms with Gasteiger partial charge in [0.05, 0.1) is 5.56 Å². The third-order valence-electron chi connectivity index (χ3n) is 2.43. The quantitative estimate of drug-likeness (QED) is 0.877. The molecule has 0 spiro atoms. The Hall–Kier alpha value is -2.57. The molecule has 1 aromatic carbocycles. The molecule has 0 bridgehead atoms. The molecule has 0 fully saturated rings. The fourth-order valence-corrected chi connectivity index (χ4v) is 1.50. The fourth-order valence-electron chi connectivity index (χ4n) is 1.50. The second kappa shape index (κ2) is 5.20. The zero-order valence-corrected chi connectivity index (χ0v) is 10.1. The summed E-state index contributed by atoms with van der Waals surface area (Å²) in [6.07, 6.45) is -3.40. The molecule has 104 valence electrons. The molecule has 1 heterocycles. The normalized spacial score (nSPS) is 11.2. The fraction of sp³-hybridized carbons (Fsp3) is 0.0769. The smallest absolute Gasteiger partial charge is 0.338 e. The number of hydrogen-bond acceptors (Lipinski definition) is 3. The molecule has 20 heavy (non-hydrogen) atoms. The molecule has 2 rings (SSSR count). The Bertz CT molecular complexity index is 647. The Morgan fingerprint density at radius 3 is 2.75 bits per heavy atom. The lowest BCUT2D eigenvalue weighted by Gasteiger charge is -2.06. The third kappa shape index (κ3) is 3.05. The van der Waals surface area contributed by atoms with Crippen LogP contribution in [0.4, 0.5) is 19.1 Å². The van der Waals surface area contributed by atoms with E-state index in [9.17, 15) is 18.0 Å². The highest BCUT2D eigenvalue weighted by Gasteiger charge is 2.30. The van der Waals surface area contributed by atoms with E-state index in [1.807, 2.05) is 0 Å². The first-order valence-electron chi connectivity index (χ1n) is 5.48. The number of hydrogen-bond donors (Lipinski definition) is 1. The van der Waals surface area contributed by atoms with Crippen LogP contribution >= 0.6 is 0 Å². The van der Waals surface area contributed by atoms with Crippen molar-refractivity contribution in [2.75, 3.05) is 5.32 Å². The minimum atomic E-state index is -4.43. The van der Waals surface area contributed by atoms with Gasteiger partial charge in [0.1, 0.15) is 5.69 Å². The van der Waals surface area contributed by atoms with Gasteiger partial charge in [0.15, 0.2) is 0 Å². The van der Waals surface area contributed by atoms with Crippen LogP contribution in [0.5, 0.6) is 0 Å². The molecule has 0 saturated carbocycles. The van der Waals surface area contributed by atoms with Crippen molar-refractivity contribution < 1.29 is 22.5 Å². The number of benzene rings is 1. The van der Waals surface area contributed by atoms with E-state index >= 15 is 0 Å². The first kappa shape index (κ1) is 13.9. The lowest BCUT2D eigenvalue weighted by Crippen LogP contribution is -2.05. The summed E-state index contributed by atoms with van der Waals surface area (Å²) in [6.45, 7) is 3.26. The van der Waals surface area contributed by atoms with Crippen LogP contribution in [-0.2, 0) is 11.0 Å². The third-order valence-corrected chi connectivity index (χ3v) is 2.43. The van der Waals surface area contributed by atoms with Crippen molar-refractivity contribution in [2.45, 2.75) is 6.18 Å². The Morgan fingerprint density at radius 1 is 1.35 bits per heavy atom. The van der Waals surface area contributed by atoms with E-state index in [2.05, 4.69) is 17.1 Å². The molecule has 2 aromatic rings. The summed E-state index contributed by atoms with van der Waals surface area (Å²) in [6, 6.07) is 5.98. The Morgan fingerprint density at radius 2 is 2.10 bits per heavy atom. The van der Waals surface area contributed by atoms with E-state index < -0.39 is 17.6 Å². The molecular formula is C13H9F3N2O2. The highest BCUT2D eigenvalue weighted by Crippen LogP contribution is 2.32. The first-order valence-corrected chi connectivity index (χ1v) is 5.48. The van der Waals surface area contributed by atoms with Gasteiger partial charge in [-0.15, -0.1) is 0 Å². The molecule has 0 radical (unpaired) electrons. The van der Waals surface area contributed by atoms with Crippen LogP contribution < -0.4 is 5.32 Å². The standard InChI is InChI=1S/C13H9F3N2O2/c1-2-11(19)17-12-7-10(18-20-12)8-4-3-5-9(6-8)13(14,15)16/h2-7H,1H2,(H,17,19). The highest BCUT2D eigenvalue weighted by molar-refractivity contribution is 5.98. The van der Waals surface area contributed by atoms with Crippen molar-refractivity contribution in [2.24, 2.45) is 0 Å². The lowest BCUT2D eigenvalue weighted by molar-refractivity contribution is -0.137. The van der Waals surface area contributed by atoms with Crippen molar-refractivity contribution in [3.63, 3.8) is 0 Å². The number of amides is 1. The van der Waals surface area contributed by atoms with E-state index in [1.165, 1.54) is 18.2 Å². The lowest BCUT2D eigenvalue weighted by atomic mass is 10.1. The number of nitrogens with zero attached hydrogens (tertiary/aromatic N) is 1. The molecule has 1 N–H and O–H groups in total. The topological polar surface area (TPSA) is 55.1 Å². The number of alkyl halides is 3. The summed E-state index contributed by atoms with van der Waals surface area (Å²) in [5.41, 5.74) is -0.354. The van der Waals surface area contributed by atoms with Gasteiger partial charge in [0.2, 0.25) is 11.8 Å². The van der Waals surface area contributed by atoms with Crippen LogP contribution in [0.15, 0.2) is 47.5 Å². The van der Waals surface area contributed by atoms with Gasteiger partial charge in [-0.1, -0.05) is 23.9 Å². The van der Waals surface area contributed by atoms with Gasteiger partial charge in [0.25, 0.3) is 0 Å². The molecule has 0 aliphatic rings. The van der Waals surface area contributed by atoms with E-state index in [1.54, 1.807) is 0 Å². The van der Waals surface area contributed by atoms with Gasteiger partial charge in [-0.05, 0) is 18.2 Å². The van der Waals surface area contributed by atoms with Crippen molar-refractivity contribution in [1.29, 1.82) is 0 Å². The van der Waals surface area contributed by atoms with Gasteiger partial charge in [-0.3, -0.25) is 10.1 Å². The summed E-state index contributed by atoms with van der Waals surface area (Å²) < 4.78 is 42.6. The van der Waals surface area contributed by atoms with Crippen molar-refractivity contribution in [1.82, 2.24) is 5.16 Å². The number of rotatable bonds is 3. The molecule has 0 atom stereocenters. The van der Waals surface area contributed by atoms with E-state index in [0.717, 1.165) is 18.2 Å². The largest absolute Gasteiger partial charge is 0.416 e. The summed E-state index contributed by atoms with van der Waals surface area (Å²) in [5.74, 6) is -0.473. The zero-order valence-electron chi connectivity index (χ0n) is 10.1. The average Bonchev–Trinajstić information content (AvgIpc) is 2.86. The number of carbonyl (C=O) groups excluding carboxylic acids is 1. The molecule has 1 amide bonds. The zero-order chi connectivity index (χ0) is 14.8. The predicted octanol–water partition coefficient (Wildman–Crippen LogP) is 3.48. The van der Waals surface area contributed by atoms with Crippen LogP contribution in [0.25, 0.3) is 11.3 Å². The SMILES string of the molecule is C=CC(=O)Nc1cc(-c2cccc(C(F)(F)F)c2)no1. The molecular weight excluding hydrogens is 273 g/mol. The molecule has 0 aliphatic carbocycles. The molecule has 0 aliphatic heterocycles. The Kier molecular flexibility index (Phi) is 3.60. The van der Waals surface area contributed by atoms with Gasteiger partial charge in [-0.2, -0.15) is 13.2 Å². The van der Waals surface area contributed by atoms with Crippen molar-refractivity contribution in [3.05, 3.63) is 48.6 Å². The molecule has 4 nitrogen and oxygen atoms in total. The highest BCUT2D eigenvalue weighted by atomic mass is 19.4. The van der Waals surface area contributed by atoms with E-state index in [0.29, 0.717) is 0 Å². The monoisotopic (exact) mass is 282 g/mol. The maximum atomic E-state index is 12.6. The second-order valence-corrected chi connectivity index (χ2v) is 3.85. The van der Waals surface area contributed by atoms with Gasteiger partial charge >= 0.3 is 6.18 Å². The van der Waals surface area contributed by atoms with Gasteiger partial charge in [0, 0.05) is 11.6 Å². The molecule has 7 heteroatoms. The van der Waals surface area contributed by atoms with Crippen LogP contribution in [0.2, 0.25) is 0 Å². The number of halogens is 3.